The maximum absolute atomic E-state index is 11.7. The van der Waals surface area contributed by atoms with Gasteiger partial charge in [0.25, 0.3) is 0 Å². The predicted octanol–water partition coefficient (Wildman–Crippen LogP) is 16.4. The number of phenols is 1. The van der Waals surface area contributed by atoms with Crippen LogP contribution in [0.1, 0.15) is 169 Å². The lowest BCUT2D eigenvalue weighted by molar-refractivity contribution is 0.434. The van der Waals surface area contributed by atoms with E-state index >= 15 is 0 Å². The highest BCUT2D eigenvalue weighted by Gasteiger charge is 2.31. The Labute approximate surface area is 343 Å². The molecule has 0 saturated heterocycles. The smallest absolute Gasteiger partial charge is 0.453 e. The van der Waals surface area contributed by atoms with E-state index < -0.39 is 8.24 Å². The average Bonchev–Trinajstić information content (AvgIpc) is 3.16. The van der Waals surface area contributed by atoms with Crippen LogP contribution in [0, 0.1) is 13.8 Å². The molecule has 1 aromatic heterocycles. The minimum absolute atomic E-state index is 0.0953. The fraction of sp³-hybridized carbons (Fsp3) is 0.520. The number of fused-ring (bicyclic) bond motifs is 3. The summed E-state index contributed by atoms with van der Waals surface area (Å²) in [6.45, 7) is 44.5. The van der Waals surface area contributed by atoms with Gasteiger partial charge < -0.3 is 18.0 Å². The van der Waals surface area contributed by atoms with Crippen molar-refractivity contribution in [3.8, 4) is 11.5 Å². The molecule has 1 N–H and O–H groups in total. The number of phenolic OH excluding ortho intramolecular Hbond substituents is 1. The van der Waals surface area contributed by atoms with Crippen molar-refractivity contribution in [3.05, 3.63) is 93.0 Å². The molecule has 6 heteroatoms. The number of rotatable bonds is 4. The van der Waals surface area contributed by atoms with Gasteiger partial charge in [0.15, 0.2) is 5.75 Å². The first-order chi connectivity index (χ1) is 25.3. The molecule has 0 unspecified atom stereocenters. The van der Waals surface area contributed by atoms with Crippen LogP contribution in [0.15, 0.2) is 66.7 Å². The molecule has 0 bridgehead atoms. The summed E-state index contributed by atoms with van der Waals surface area (Å²) in [5, 5.41) is 13.8. The van der Waals surface area contributed by atoms with Crippen molar-refractivity contribution in [1.82, 2.24) is 0 Å². The Morgan fingerprint density at radius 1 is 0.464 bits per heavy atom. The predicted molar refractivity (Wildman–Crippen MR) is 243 cm³/mol. The Kier molecular flexibility index (Phi) is 11.4. The number of benzene rings is 4. The van der Waals surface area contributed by atoms with Crippen LogP contribution in [-0.4, -0.2) is 5.11 Å². The topological polar surface area (TPSA) is 55.7 Å². The third kappa shape index (κ3) is 9.21. The SMILES string of the molecule is Cc1cc(Sc2cc(C)cc(C(C)(C)C)c2Op2oc3c(C(C)(C)C)cc(C(C)(C)C)cc3c3cc(C(C)(C)C)cc(C(C)(C)C)c3o2)c(O)c(C(C)(C)C)c1. The van der Waals surface area contributed by atoms with E-state index in [4.69, 9.17) is 12.9 Å². The molecule has 1 heterocycles. The van der Waals surface area contributed by atoms with Gasteiger partial charge in [0.2, 0.25) is 0 Å². The van der Waals surface area contributed by atoms with Crippen molar-refractivity contribution in [2.75, 3.05) is 0 Å². The number of aromatic hydroxyl groups is 1. The molecule has 0 saturated carbocycles. The minimum atomic E-state index is -2.03. The molecule has 0 radical (unpaired) electrons. The Hall–Kier alpha value is -3.27. The van der Waals surface area contributed by atoms with Crippen LogP contribution in [0.4, 0.5) is 0 Å². The Balaban J connectivity index is 1.97. The summed E-state index contributed by atoms with van der Waals surface area (Å²) in [5.74, 6) is 1.03. The van der Waals surface area contributed by atoms with Gasteiger partial charge in [0, 0.05) is 33.0 Å². The Morgan fingerprint density at radius 3 is 1.21 bits per heavy atom. The normalized spacial score (nSPS) is 13.5. The van der Waals surface area contributed by atoms with Crippen molar-refractivity contribution >= 4 is 41.9 Å². The lowest BCUT2D eigenvalue weighted by atomic mass is 9.77. The highest BCUT2D eigenvalue weighted by molar-refractivity contribution is 7.99. The zero-order chi connectivity index (χ0) is 42.3. The van der Waals surface area contributed by atoms with Gasteiger partial charge in [-0.2, -0.15) is 0 Å². The summed E-state index contributed by atoms with van der Waals surface area (Å²) in [7, 11) is -2.03. The van der Waals surface area contributed by atoms with Gasteiger partial charge in [-0.3, -0.25) is 0 Å². The van der Waals surface area contributed by atoms with E-state index in [0.717, 1.165) is 70.9 Å². The highest BCUT2D eigenvalue weighted by Crippen LogP contribution is 2.52. The fourth-order valence-corrected chi connectivity index (χ4v) is 9.48. The van der Waals surface area contributed by atoms with Crippen molar-refractivity contribution in [1.29, 1.82) is 0 Å². The zero-order valence-corrected chi connectivity index (χ0v) is 39.9. The molecular weight excluding hydrogens is 728 g/mol. The summed E-state index contributed by atoms with van der Waals surface area (Å²) in [5.41, 5.74) is 9.42. The number of aryl methyl sites for hydroxylation is 2. The van der Waals surface area contributed by atoms with Crippen LogP contribution in [0.3, 0.4) is 0 Å². The van der Waals surface area contributed by atoms with Crippen LogP contribution in [0.2, 0.25) is 0 Å². The minimum Gasteiger partial charge on any atom is -0.506 e. The van der Waals surface area contributed by atoms with Gasteiger partial charge in [0.1, 0.15) is 16.9 Å². The highest BCUT2D eigenvalue weighted by atomic mass is 32.2. The van der Waals surface area contributed by atoms with Gasteiger partial charge in [0.05, 0.1) is 9.79 Å². The number of hydrogen-bond donors (Lipinski definition) is 1. The summed E-state index contributed by atoms with van der Waals surface area (Å²) < 4.78 is 21.7. The third-order valence-electron chi connectivity index (χ3n) is 10.6. The van der Waals surface area contributed by atoms with Gasteiger partial charge >= 0.3 is 8.24 Å². The standard InChI is InChI=1S/C50H69O4PS/c1-29-21-35(47(9,10)11)41(51)39(23-29)56-40-24-30(2)22-36(48(12,13)14)44(40)54-55-52-42-33(25-31(45(3,4)5)27-37(42)49(15,16)17)34-26-32(46(6,7)8)28-38(43(34)53-55)50(18,19)20/h21-28,51H,1-20H3. The van der Waals surface area contributed by atoms with Gasteiger partial charge in [-0.05, 0) is 92.9 Å². The van der Waals surface area contributed by atoms with E-state index in [9.17, 15) is 5.11 Å². The van der Waals surface area contributed by atoms with E-state index in [1.54, 1.807) is 11.8 Å². The Bertz CT molecular complexity index is 2240. The van der Waals surface area contributed by atoms with E-state index in [-0.39, 0.29) is 32.5 Å². The third-order valence-corrected chi connectivity index (χ3v) is 12.6. The maximum atomic E-state index is 11.7. The van der Waals surface area contributed by atoms with Gasteiger partial charge in [-0.15, -0.1) is 0 Å². The van der Waals surface area contributed by atoms with E-state index in [2.05, 4.69) is 187 Å². The summed E-state index contributed by atoms with van der Waals surface area (Å²) >= 11 is 1.54. The largest absolute Gasteiger partial charge is 0.506 e. The zero-order valence-electron chi connectivity index (χ0n) is 38.1. The second-order valence-corrected chi connectivity index (χ2v) is 24.3. The maximum Gasteiger partial charge on any atom is 0.453 e. The lowest BCUT2D eigenvalue weighted by Crippen LogP contribution is -2.17. The van der Waals surface area contributed by atoms with Crippen LogP contribution in [0.5, 0.6) is 11.5 Å². The van der Waals surface area contributed by atoms with Crippen LogP contribution in [0.25, 0.3) is 21.9 Å². The molecule has 4 nitrogen and oxygen atoms in total. The molecule has 5 rings (SSSR count). The van der Waals surface area contributed by atoms with Crippen molar-refractivity contribution < 1.29 is 18.0 Å². The molecule has 304 valence electrons. The second-order valence-electron chi connectivity index (χ2n) is 22.2. The van der Waals surface area contributed by atoms with Crippen LogP contribution < -0.4 is 4.52 Å². The first-order valence-corrected chi connectivity index (χ1v) is 22.1. The van der Waals surface area contributed by atoms with Crippen molar-refractivity contribution in [2.24, 2.45) is 0 Å². The summed E-state index contributed by atoms with van der Waals surface area (Å²) in [6, 6.07) is 17.9. The Morgan fingerprint density at radius 2 is 0.839 bits per heavy atom. The number of hydrogen-bond acceptors (Lipinski definition) is 5. The molecule has 0 fully saturated rings. The molecule has 0 amide bonds. The molecule has 4 aromatic carbocycles. The van der Waals surface area contributed by atoms with Crippen molar-refractivity contribution in [2.45, 2.75) is 181 Å². The summed E-state index contributed by atoms with van der Waals surface area (Å²) in [4.78, 5) is 1.71. The van der Waals surface area contributed by atoms with Crippen molar-refractivity contribution in [3.63, 3.8) is 0 Å². The molecular formula is C50H69O4PS. The first kappa shape index (κ1) is 43.8. The first-order valence-electron chi connectivity index (χ1n) is 20.2. The molecule has 56 heavy (non-hydrogen) atoms. The molecule has 0 spiro atoms. The second kappa shape index (κ2) is 14.5. The molecule has 0 atom stereocenters. The quantitative estimate of drug-likeness (QED) is 0.196. The molecule has 0 aliphatic rings. The fourth-order valence-electron chi connectivity index (χ4n) is 7.09. The molecule has 0 aliphatic heterocycles. The lowest BCUT2D eigenvalue weighted by Gasteiger charge is -2.27. The average molecular weight is 797 g/mol. The monoisotopic (exact) mass is 796 g/mol. The van der Waals surface area contributed by atoms with E-state index in [1.807, 2.05) is 0 Å². The van der Waals surface area contributed by atoms with E-state index in [0.29, 0.717) is 5.75 Å². The molecule has 0 aliphatic carbocycles. The van der Waals surface area contributed by atoms with Crippen LogP contribution >= 0.6 is 20.0 Å². The van der Waals surface area contributed by atoms with Gasteiger partial charge in [-0.25, -0.2) is 0 Å². The van der Waals surface area contributed by atoms with Crippen LogP contribution in [-0.2, 0) is 32.5 Å². The summed E-state index contributed by atoms with van der Waals surface area (Å²) in [6.07, 6.45) is 0. The van der Waals surface area contributed by atoms with E-state index in [1.165, 1.54) is 11.1 Å². The van der Waals surface area contributed by atoms with Gasteiger partial charge in [-0.1, -0.05) is 161 Å². The molecule has 5 aromatic rings.